The van der Waals surface area contributed by atoms with Gasteiger partial charge >= 0.3 is 0 Å². The SMILES string of the molecule is Cn1cc(C(C)(C)CO)c2ccccc21. The zero-order valence-corrected chi connectivity index (χ0v) is 9.49. The van der Waals surface area contributed by atoms with Crippen molar-refractivity contribution in [2.24, 2.45) is 7.05 Å². The van der Waals surface area contributed by atoms with Gasteiger partial charge in [-0.1, -0.05) is 32.0 Å². The first-order valence-electron chi connectivity index (χ1n) is 5.21. The van der Waals surface area contributed by atoms with E-state index in [1.165, 1.54) is 16.5 Å². The number of fused-ring (bicyclic) bond motifs is 1. The number of para-hydroxylation sites is 1. The van der Waals surface area contributed by atoms with Crippen LogP contribution in [0.2, 0.25) is 0 Å². The zero-order chi connectivity index (χ0) is 11.1. The second-order valence-electron chi connectivity index (χ2n) is 4.71. The summed E-state index contributed by atoms with van der Waals surface area (Å²) < 4.78 is 2.11. The van der Waals surface area contributed by atoms with Gasteiger partial charge in [0.2, 0.25) is 0 Å². The molecule has 0 atom stereocenters. The Kier molecular flexibility index (Phi) is 2.31. The smallest absolute Gasteiger partial charge is 0.0523 e. The zero-order valence-electron chi connectivity index (χ0n) is 9.49. The first-order chi connectivity index (χ1) is 7.06. The van der Waals surface area contributed by atoms with Crippen molar-refractivity contribution < 1.29 is 5.11 Å². The second kappa shape index (κ2) is 3.38. The molecule has 1 heterocycles. The van der Waals surface area contributed by atoms with Crippen LogP contribution >= 0.6 is 0 Å². The molecule has 0 aliphatic heterocycles. The van der Waals surface area contributed by atoms with Crippen molar-refractivity contribution in [3.8, 4) is 0 Å². The van der Waals surface area contributed by atoms with E-state index >= 15 is 0 Å². The fourth-order valence-corrected chi connectivity index (χ4v) is 1.97. The summed E-state index contributed by atoms with van der Waals surface area (Å²) in [5, 5.41) is 10.6. The highest BCUT2D eigenvalue weighted by Crippen LogP contribution is 2.30. The van der Waals surface area contributed by atoms with Crippen molar-refractivity contribution >= 4 is 10.9 Å². The molecule has 2 aromatic rings. The number of aliphatic hydroxyl groups is 1. The van der Waals surface area contributed by atoms with Crippen LogP contribution in [0.1, 0.15) is 19.4 Å². The van der Waals surface area contributed by atoms with Gasteiger partial charge in [0.25, 0.3) is 0 Å². The quantitative estimate of drug-likeness (QED) is 0.796. The Hall–Kier alpha value is -1.28. The number of benzene rings is 1. The molecule has 1 aromatic carbocycles. The third-order valence-electron chi connectivity index (χ3n) is 3.02. The van der Waals surface area contributed by atoms with Gasteiger partial charge in [-0.3, -0.25) is 0 Å². The summed E-state index contributed by atoms with van der Waals surface area (Å²) in [6, 6.07) is 8.30. The van der Waals surface area contributed by atoms with Crippen molar-refractivity contribution in [3.05, 3.63) is 36.0 Å². The topological polar surface area (TPSA) is 25.2 Å². The summed E-state index contributed by atoms with van der Waals surface area (Å²) in [6.07, 6.45) is 2.11. The van der Waals surface area contributed by atoms with Gasteiger partial charge < -0.3 is 9.67 Å². The summed E-state index contributed by atoms with van der Waals surface area (Å²) in [7, 11) is 2.04. The van der Waals surface area contributed by atoms with E-state index in [0.717, 1.165) is 0 Å². The molecule has 1 N–H and O–H groups in total. The van der Waals surface area contributed by atoms with E-state index in [0.29, 0.717) is 0 Å². The molecule has 0 amide bonds. The minimum Gasteiger partial charge on any atom is -0.395 e. The molecule has 0 saturated heterocycles. The molecule has 2 rings (SSSR count). The highest BCUT2D eigenvalue weighted by atomic mass is 16.3. The van der Waals surface area contributed by atoms with Crippen LogP contribution in [0.4, 0.5) is 0 Å². The lowest BCUT2D eigenvalue weighted by Gasteiger charge is -2.20. The Labute approximate surface area is 90.2 Å². The van der Waals surface area contributed by atoms with E-state index in [1.54, 1.807) is 0 Å². The Morgan fingerprint density at radius 2 is 1.93 bits per heavy atom. The summed E-state index contributed by atoms with van der Waals surface area (Å²) in [5.41, 5.74) is 2.25. The molecular weight excluding hydrogens is 186 g/mol. The summed E-state index contributed by atoms with van der Waals surface area (Å²) >= 11 is 0. The fourth-order valence-electron chi connectivity index (χ4n) is 1.97. The van der Waals surface area contributed by atoms with Crippen LogP contribution in [0.25, 0.3) is 10.9 Å². The van der Waals surface area contributed by atoms with Crippen molar-refractivity contribution in [1.29, 1.82) is 0 Å². The first-order valence-corrected chi connectivity index (χ1v) is 5.21. The lowest BCUT2D eigenvalue weighted by Crippen LogP contribution is -2.21. The van der Waals surface area contributed by atoms with Crippen molar-refractivity contribution in [3.63, 3.8) is 0 Å². The van der Waals surface area contributed by atoms with E-state index < -0.39 is 0 Å². The van der Waals surface area contributed by atoms with Gasteiger partial charge in [0, 0.05) is 29.6 Å². The lowest BCUT2D eigenvalue weighted by atomic mass is 9.85. The highest BCUT2D eigenvalue weighted by molar-refractivity contribution is 5.84. The van der Waals surface area contributed by atoms with Crippen LogP contribution < -0.4 is 0 Å². The lowest BCUT2D eigenvalue weighted by molar-refractivity contribution is 0.219. The van der Waals surface area contributed by atoms with Gasteiger partial charge in [-0.2, -0.15) is 0 Å². The van der Waals surface area contributed by atoms with Gasteiger partial charge in [-0.25, -0.2) is 0 Å². The number of hydrogen-bond acceptors (Lipinski definition) is 1. The predicted molar refractivity (Wildman–Crippen MR) is 63.0 cm³/mol. The standard InChI is InChI=1S/C13H17NO/c1-13(2,9-15)11-8-14(3)12-7-5-4-6-10(11)12/h4-8,15H,9H2,1-3H3. The second-order valence-corrected chi connectivity index (χ2v) is 4.71. The third-order valence-corrected chi connectivity index (χ3v) is 3.02. The molecule has 0 radical (unpaired) electrons. The van der Waals surface area contributed by atoms with Crippen LogP contribution in [0.15, 0.2) is 30.5 Å². The van der Waals surface area contributed by atoms with Crippen LogP contribution in [0.5, 0.6) is 0 Å². The Bertz CT molecular complexity index is 482. The van der Waals surface area contributed by atoms with Gasteiger partial charge in [-0.05, 0) is 11.6 Å². The molecule has 0 unspecified atom stereocenters. The molecule has 0 aliphatic carbocycles. The molecule has 2 nitrogen and oxygen atoms in total. The minimum atomic E-state index is -0.180. The van der Waals surface area contributed by atoms with Gasteiger partial charge in [0.1, 0.15) is 0 Å². The molecular formula is C13H17NO. The third kappa shape index (κ3) is 1.55. The number of nitrogens with zero attached hydrogens (tertiary/aromatic N) is 1. The van der Waals surface area contributed by atoms with Crippen molar-refractivity contribution in [2.45, 2.75) is 19.3 Å². The summed E-state index contributed by atoms with van der Waals surface area (Å²) in [5.74, 6) is 0. The maximum atomic E-state index is 9.41. The molecule has 1 aromatic heterocycles. The molecule has 0 saturated carbocycles. The number of aryl methyl sites for hydroxylation is 1. The van der Waals surface area contributed by atoms with E-state index in [2.05, 4.69) is 36.7 Å². The van der Waals surface area contributed by atoms with E-state index in [1.807, 2.05) is 19.2 Å². The molecule has 2 heteroatoms. The number of aromatic nitrogens is 1. The molecule has 80 valence electrons. The van der Waals surface area contributed by atoms with E-state index in [9.17, 15) is 5.11 Å². The molecule has 0 fully saturated rings. The minimum absolute atomic E-state index is 0.168. The Morgan fingerprint density at radius 1 is 1.27 bits per heavy atom. The van der Waals surface area contributed by atoms with Crippen LogP contribution in [0, 0.1) is 0 Å². The Balaban J connectivity index is 2.72. The van der Waals surface area contributed by atoms with Gasteiger partial charge in [0.05, 0.1) is 6.61 Å². The van der Waals surface area contributed by atoms with Crippen molar-refractivity contribution in [1.82, 2.24) is 4.57 Å². The molecule has 0 aliphatic rings. The summed E-state index contributed by atoms with van der Waals surface area (Å²) in [6.45, 7) is 4.30. The van der Waals surface area contributed by atoms with Crippen LogP contribution in [0.3, 0.4) is 0 Å². The number of rotatable bonds is 2. The fraction of sp³-hybridized carbons (Fsp3) is 0.385. The summed E-state index contributed by atoms with van der Waals surface area (Å²) in [4.78, 5) is 0. The average molecular weight is 203 g/mol. The van der Waals surface area contributed by atoms with Gasteiger partial charge in [0.15, 0.2) is 0 Å². The highest BCUT2D eigenvalue weighted by Gasteiger charge is 2.23. The molecule has 0 bridgehead atoms. The molecule has 0 spiro atoms. The van der Waals surface area contributed by atoms with Crippen LogP contribution in [-0.2, 0) is 12.5 Å². The number of aliphatic hydroxyl groups excluding tert-OH is 1. The predicted octanol–water partition coefficient (Wildman–Crippen LogP) is 2.45. The molecule has 15 heavy (non-hydrogen) atoms. The monoisotopic (exact) mass is 203 g/mol. The van der Waals surface area contributed by atoms with E-state index in [4.69, 9.17) is 0 Å². The Morgan fingerprint density at radius 3 is 2.60 bits per heavy atom. The maximum Gasteiger partial charge on any atom is 0.0523 e. The van der Waals surface area contributed by atoms with E-state index in [-0.39, 0.29) is 12.0 Å². The maximum absolute atomic E-state index is 9.41. The van der Waals surface area contributed by atoms with Crippen molar-refractivity contribution in [2.75, 3.05) is 6.61 Å². The number of hydrogen-bond donors (Lipinski definition) is 1. The van der Waals surface area contributed by atoms with Gasteiger partial charge in [-0.15, -0.1) is 0 Å². The normalized spacial score (nSPS) is 12.3. The first kappa shape index (κ1) is 10.2. The average Bonchev–Trinajstić information content (AvgIpc) is 2.58. The largest absolute Gasteiger partial charge is 0.395 e. The van der Waals surface area contributed by atoms with Crippen LogP contribution in [-0.4, -0.2) is 16.3 Å².